The van der Waals surface area contributed by atoms with E-state index in [4.69, 9.17) is 0 Å². The van der Waals surface area contributed by atoms with Crippen molar-refractivity contribution < 1.29 is 19.2 Å². The van der Waals surface area contributed by atoms with Crippen molar-refractivity contribution in [2.45, 2.75) is 6.10 Å². The van der Waals surface area contributed by atoms with Crippen LogP contribution in [0.15, 0.2) is 48.5 Å². The molecule has 0 bridgehead atoms. The molecule has 0 fully saturated rings. The Kier molecular flexibility index (Phi) is 3.86. The van der Waals surface area contributed by atoms with Gasteiger partial charge in [-0.15, -0.1) is 0 Å². The minimum absolute atomic E-state index is 0.288. The van der Waals surface area contributed by atoms with E-state index in [9.17, 15) is 24.4 Å². The Morgan fingerprint density at radius 1 is 1.20 bits per heavy atom. The standard InChI is InChI=1S/C14H10FNO4/c15-10-6-7-12(16(19)20)11(8-10)14(18)13(17)9-4-2-1-3-5-9/h1-8,13,17H. The number of nitro benzene ring substituents is 1. The van der Waals surface area contributed by atoms with Crippen molar-refractivity contribution in [2.24, 2.45) is 0 Å². The number of Topliss-reactive ketones (excluding diaryl/α,β-unsaturated/α-hetero) is 1. The Labute approximate surface area is 113 Å². The first-order chi connectivity index (χ1) is 9.50. The zero-order chi connectivity index (χ0) is 14.7. The molecule has 0 amide bonds. The predicted molar refractivity (Wildman–Crippen MR) is 68.8 cm³/mol. The van der Waals surface area contributed by atoms with Crippen LogP contribution < -0.4 is 0 Å². The molecule has 0 aromatic heterocycles. The number of nitro groups is 1. The molecule has 0 saturated heterocycles. The molecule has 1 unspecified atom stereocenters. The fourth-order valence-electron chi connectivity index (χ4n) is 1.80. The summed E-state index contributed by atoms with van der Waals surface area (Å²) >= 11 is 0. The van der Waals surface area contributed by atoms with Crippen molar-refractivity contribution in [3.8, 4) is 0 Å². The number of nitrogens with zero attached hydrogens (tertiary/aromatic N) is 1. The third kappa shape index (κ3) is 2.70. The van der Waals surface area contributed by atoms with Gasteiger partial charge in [-0.1, -0.05) is 30.3 Å². The number of carbonyl (C=O) groups is 1. The third-order valence-corrected chi connectivity index (χ3v) is 2.78. The molecule has 0 radical (unpaired) electrons. The maximum absolute atomic E-state index is 13.2. The number of rotatable bonds is 4. The second-order valence-electron chi connectivity index (χ2n) is 4.10. The Balaban J connectivity index is 2.43. The quantitative estimate of drug-likeness (QED) is 0.528. The molecule has 0 saturated carbocycles. The fourth-order valence-corrected chi connectivity index (χ4v) is 1.80. The van der Waals surface area contributed by atoms with Crippen LogP contribution in [0.5, 0.6) is 0 Å². The molecule has 102 valence electrons. The Hall–Kier alpha value is -2.60. The minimum Gasteiger partial charge on any atom is -0.380 e. The van der Waals surface area contributed by atoms with Gasteiger partial charge in [0.15, 0.2) is 0 Å². The van der Waals surface area contributed by atoms with Gasteiger partial charge < -0.3 is 5.11 Å². The molecule has 6 heteroatoms. The number of carbonyl (C=O) groups excluding carboxylic acids is 1. The largest absolute Gasteiger partial charge is 0.380 e. The van der Waals surface area contributed by atoms with E-state index in [1.807, 2.05) is 0 Å². The number of aliphatic hydroxyl groups is 1. The monoisotopic (exact) mass is 275 g/mol. The van der Waals surface area contributed by atoms with Gasteiger partial charge in [0.1, 0.15) is 17.5 Å². The van der Waals surface area contributed by atoms with E-state index >= 15 is 0 Å². The molecule has 0 heterocycles. The zero-order valence-electron chi connectivity index (χ0n) is 10.2. The highest BCUT2D eigenvalue weighted by Crippen LogP contribution is 2.25. The van der Waals surface area contributed by atoms with Gasteiger partial charge in [-0.2, -0.15) is 0 Å². The van der Waals surface area contributed by atoms with Crippen molar-refractivity contribution in [2.75, 3.05) is 0 Å². The molecule has 1 N–H and O–H groups in total. The van der Waals surface area contributed by atoms with Crippen LogP contribution in [-0.4, -0.2) is 15.8 Å². The van der Waals surface area contributed by atoms with Crippen molar-refractivity contribution in [3.05, 3.63) is 75.6 Å². The first-order valence-electron chi connectivity index (χ1n) is 5.72. The lowest BCUT2D eigenvalue weighted by atomic mass is 9.99. The van der Waals surface area contributed by atoms with Gasteiger partial charge in [0.05, 0.1) is 4.92 Å². The van der Waals surface area contributed by atoms with E-state index in [1.54, 1.807) is 18.2 Å². The first kappa shape index (κ1) is 13.8. The maximum Gasteiger partial charge on any atom is 0.280 e. The highest BCUT2D eigenvalue weighted by Gasteiger charge is 2.27. The molecule has 2 aromatic carbocycles. The van der Waals surface area contributed by atoms with Crippen LogP contribution in [0.3, 0.4) is 0 Å². The summed E-state index contributed by atoms with van der Waals surface area (Å²) in [4.78, 5) is 22.2. The summed E-state index contributed by atoms with van der Waals surface area (Å²) < 4.78 is 13.2. The van der Waals surface area contributed by atoms with Crippen LogP contribution in [0.1, 0.15) is 22.0 Å². The van der Waals surface area contributed by atoms with Crippen LogP contribution in [0, 0.1) is 15.9 Å². The zero-order valence-corrected chi connectivity index (χ0v) is 10.2. The highest BCUT2D eigenvalue weighted by molar-refractivity contribution is 6.03. The molecule has 20 heavy (non-hydrogen) atoms. The predicted octanol–water partition coefficient (Wildman–Crippen LogP) is 2.65. The molecule has 2 rings (SSSR count). The summed E-state index contributed by atoms with van der Waals surface area (Å²) in [5, 5.41) is 20.8. The van der Waals surface area contributed by atoms with Gasteiger partial charge in [-0.3, -0.25) is 14.9 Å². The lowest BCUT2D eigenvalue weighted by Gasteiger charge is -2.10. The van der Waals surface area contributed by atoms with Crippen LogP contribution in [-0.2, 0) is 0 Å². The smallest absolute Gasteiger partial charge is 0.280 e. The Bertz CT molecular complexity index is 657. The fraction of sp³-hybridized carbons (Fsp3) is 0.0714. The molecule has 2 aromatic rings. The van der Waals surface area contributed by atoms with Crippen molar-refractivity contribution in [3.63, 3.8) is 0 Å². The summed E-state index contributed by atoms with van der Waals surface area (Å²) in [5.41, 5.74) is -0.700. The number of hydrogen-bond acceptors (Lipinski definition) is 4. The molecule has 1 atom stereocenters. The number of benzene rings is 2. The average molecular weight is 275 g/mol. The van der Waals surface area contributed by atoms with Gasteiger partial charge in [-0.25, -0.2) is 4.39 Å². The van der Waals surface area contributed by atoms with Gasteiger partial charge in [0.25, 0.3) is 5.69 Å². The summed E-state index contributed by atoms with van der Waals surface area (Å²) in [6.45, 7) is 0. The van der Waals surface area contributed by atoms with Crippen molar-refractivity contribution >= 4 is 11.5 Å². The highest BCUT2D eigenvalue weighted by atomic mass is 19.1. The molecule has 0 spiro atoms. The number of ketones is 1. The topological polar surface area (TPSA) is 80.4 Å². The summed E-state index contributed by atoms with van der Waals surface area (Å²) in [6, 6.07) is 10.5. The SMILES string of the molecule is O=C(c1cc(F)ccc1[N+](=O)[O-])C(O)c1ccccc1. The Morgan fingerprint density at radius 2 is 1.85 bits per heavy atom. The maximum atomic E-state index is 13.2. The minimum atomic E-state index is -1.57. The van der Waals surface area contributed by atoms with Gasteiger partial charge in [-0.05, 0) is 17.7 Å². The molecule has 0 aliphatic heterocycles. The molecule has 5 nitrogen and oxygen atoms in total. The number of halogens is 1. The number of aliphatic hydroxyl groups excluding tert-OH is 1. The average Bonchev–Trinajstić information content (AvgIpc) is 2.46. The van der Waals surface area contributed by atoms with E-state index in [1.165, 1.54) is 12.1 Å². The number of hydrogen-bond donors (Lipinski definition) is 1. The first-order valence-corrected chi connectivity index (χ1v) is 5.72. The molecular formula is C14H10FNO4. The second-order valence-corrected chi connectivity index (χ2v) is 4.10. The molecule has 0 aliphatic rings. The van der Waals surface area contributed by atoms with Gasteiger partial charge in [0.2, 0.25) is 5.78 Å². The van der Waals surface area contributed by atoms with E-state index in [0.717, 1.165) is 18.2 Å². The van der Waals surface area contributed by atoms with E-state index < -0.39 is 33.9 Å². The van der Waals surface area contributed by atoms with Crippen molar-refractivity contribution in [1.29, 1.82) is 0 Å². The van der Waals surface area contributed by atoms with Crippen LogP contribution in [0.4, 0.5) is 10.1 Å². The lowest BCUT2D eigenvalue weighted by Crippen LogP contribution is -2.14. The van der Waals surface area contributed by atoms with Crippen molar-refractivity contribution in [1.82, 2.24) is 0 Å². The van der Waals surface area contributed by atoms with Crippen LogP contribution in [0.25, 0.3) is 0 Å². The van der Waals surface area contributed by atoms with Crippen LogP contribution in [0.2, 0.25) is 0 Å². The van der Waals surface area contributed by atoms with E-state index in [-0.39, 0.29) is 5.56 Å². The third-order valence-electron chi connectivity index (χ3n) is 2.78. The molecule has 0 aliphatic carbocycles. The summed E-state index contributed by atoms with van der Waals surface area (Å²) in [5.74, 6) is -1.69. The summed E-state index contributed by atoms with van der Waals surface area (Å²) in [6.07, 6.45) is -1.57. The normalized spacial score (nSPS) is 11.9. The van der Waals surface area contributed by atoms with Crippen LogP contribution >= 0.6 is 0 Å². The van der Waals surface area contributed by atoms with E-state index in [0.29, 0.717) is 0 Å². The van der Waals surface area contributed by atoms with Gasteiger partial charge in [0, 0.05) is 6.07 Å². The summed E-state index contributed by atoms with van der Waals surface area (Å²) in [7, 11) is 0. The van der Waals surface area contributed by atoms with E-state index in [2.05, 4.69) is 0 Å². The molecular weight excluding hydrogens is 265 g/mol. The van der Waals surface area contributed by atoms with Gasteiger partial charge >= 0.3 is 0 Å². The second kappa shape index (κ2) is 5.58. The Morgan fingerprint density at radius 3 is 2.45 bits per heavy atom. The lowest BCUT2D eigenvalue weighted by molar-refractivity contribution is -0.385.